The molecule has 1 aliphatic carbocycles. The Labute approximate surface area is 221 Å². The number of ether oxygens (including phenoxy) is 3. The summed E-state index contributed by atoms with van der Waals surface area (Å²) in [7, 11) is 0. The van der Waals surface area contributed by atoms with E-state index in [1.807, 2.05) is 63.2 Å². The second kappa shape index (κ2) is 12.3. The molecule has 0 saturated heterocycles. The van der Waals surface area contributed by atoms with Crippen LogP contribution in [0, 0.1) is 6.92 Å². The lowest BCUT2D eigenvalue weighted by Gasteiger charge is -2.45. The highest BCUT2D eigenvalue weighted by atomic mass is 19.3. The summed E-state index contributed by atoms with van der Waals surface area (Å²) >= 11 is 0. The number of urea groups is 1. The summed E-state index contributed by atoms with van der Waals surface area (Å²) < 4.78 is 44.7. The Hall–Kier alpha value is -3.56. The zero-order valence-corrected chi connectivity index (χ0v) is 22.3. The Kier molecular flexibility index (Phi) is 9.40. The lowest BCUT2D eigenvalue weighted by atomic mass is 9.73. The lowest BCUT2D eigenvalue weighted by molar-refractivity contribution is -0.175. The van der Waals surface area contributed by atoms with Gasteiger partial charge >= 0.3 is 12.0 Å². The summed E-state index contributed by atoms with van der Waals surface area (Å²) in [6.07, 6.45) is -1.48. The van der Waals surface area contributed by atoms with Crippen LogP contribution >= 0.6 is 0 Å². The number of benzene rings is 2. The van der Waals surface area contributed by atoms with Crippen molar-refractivity contribution in [2.75, 3.05) is 26.4 Å². The average molecular weight is 535 g/mol. The van der Waals surface area contributed by atoms with E-state index in [2.05, 4.69) is 5.32 Å². The maximum absolute atomic E-state index is 13.7. The second-order valence-electron chi connectivity index (χ2n) is 9.42. The van der Waals surface area contributed by atoms with E-state index < -0.39 is 42.3 Å². The number of amides is 2. The molecular formula is C28H36F2N2O6. The third kappa shape index (κ3) is 6.85. The van der Waals surface area contributed by atoms with Crippen LogP contribution in [-0.4, -0.2) is 59.8 Å². The molecular weight excluding hydrogens is 498 g/mol. The van der Waals surface area contributed by atoms with Crippen molar-refractivity contribution in [1.29, 1.82) is 0 Å². The average Bonchev–Trinajstić information content (AvgIpc) is 2.85. The molecule has 0 heterocycles. The molecule has 10 heteroatoms. The summed E-state index contributed by atoms with van der Waals surface area (Å²) in [5, 5.41) is 12.0. The van der Waals surface area contributed by atoms with Gasteiger partial charge in [-0.1, -0.05) is 18.2 Å². The predicted molar refractivity (Wildman–Crippen MR) is 138 cm³/mol. The van der Waals surface area contributed by atoms with Crippen LogP contribution in [0.15, 0.2) is 42.5 Å². The Morgan fingerprint density at radius 3 is 2.13 bits per heavy atom. The van der Waals surface area contributed by atoms with Crippen molar-refractivity contribution in [3.8, 4) is 17.2 Å². The summed E-state index contributed by atoms with van der Waals surface area (Å²) in [4.78, 5) is 26.7. The molecule has 8 nitrogen and oxygen atoms in total. The van der Waals surface area contributed by atoms with Crippen molar-refractivity contribution in [2.24, 2.45) is 0 Å². The van der Waals surface area contributed by atoms with Gasteiger partial charge in [0.15, 0.2) is 5.54 Å². The number of carbonyl (C=O) groups is 2. The molecule has 38 heavy (non-hydrogen) atoms. The Bertz CT molecular complexity index is 1080. The van der Waals surface area contributed by atoms with Crippen molar-refractivity contribution >= 4 is 12.0 Å². The van der Waals surface area contributed by atoms with Gasteiger partial charge in [0.1, 0.15) is 17.2 Å². The third-order valence-corrected chi connectivity index (χ3v) is 6.58. The first-order valence-electron chi connectivity index (χ1n) is 12.8. The van der Waals surface area contributed by atoms with E-state index in [1.54, 1.807) is 6.92 Å². The fraction of sp³-hybridized carbons (Fsp3) is 0.500. The molecule has 2 amide bonds. The largest absolute Gasteiger partial charge is 0.494 e. The van der Waals surface area contributed by atoms with Crippen LogP contribution in [-0.2, 0) is 4.79 Å². The van der Waals surface area contributed by atoms with Crippen LogP contribution in [0.25, 0.3) is 0 Å². The minimum absolute atomic E-state index is 0.188. The number of carboxylic acids is 1. The number of alkyl halides is 2. The molecule has 0 bridgehead atoms. The molecule has 0 aliphatic heterocycles. The van der Waals surface area contributed by atoms with E-state index in [0.29, 0.717) is 49.1 Å². The number of para-hydroxylation sites is 1. The molecule has 1 aliphatic rings. The van der Waals surface area contributed by atoms with Gasteiger partial charge in [0.2, 0.25) is 0 Å². The van der Waals surface area contributed by atoms with E-state index in [9.17, 15) is 23.5 Å². The molecule has 2 aromatic rings. The molecule has 1 saturated carbocycles. The predicted octanol–water partition coefficient (Wildman–Crippen LogP) is 5.59. The molecule has 0 spiro atoms. The zero-order valence-electron chi connectivity index (χ0n) is 22.3. The Morgan fingerprint density at radius 2 is 1.63 bits per heavy atom. The molecule has 208 valence electrons. The minimum Gasteiger partial charge on any atom is -0.494 e. The smallest absolute Gasteiger partial charge is 0.329 e. The van der Waals surface area contributed by atoms with Crippen LogP contribution in [0.4, 0.5) is 13.6 Å². The molecule has 1 atom stereocenters. The number of nitrogens with zero attached hydrogens (tertiary/aromatic N) is 1. The first-order valence-corrected chi connectivity index (χ1v) is 12.8. The fourth-order valence-corrected chi connectivity index (χ4v) is 4.53. The molecule has 0 aromatic heterocycles. The number of halogens is 2. The van der Waals surface area contributed by atoms with Crippen LogP contribution in [0.5, 0.6) is 17.2 Å². The van der Waals surface area contributed by atoms with E-state index in [4.69, 9.17) is 14.2 Å². The molecule has 1 fully saturated rings. The van der Waals surface area contributed by atoms with Crippen LogP contribution < -0.4 is 19.5 Å². The summed E-state index contributed by atoms with van der Waals surface area (Å²) in [6.45, 7) is 8.74. The quantitative estimate of drug-likeness (QED) is 0.326. The van der Waals surface area contributed by atoms with Gasteiger partial charge in [0.05, 0.1) is 25.9 Å². The van der Waals surface area contributed by atoms with Crippen LogP contribution in [0.3, 0.4) is 0 Å². The van der Waals surface area contributed by atoms with Gasteiger partial charge < -0.3 is 29.5 Å². The topological polar surface area (TPSA) is 97.3 Å². The third-order valence-electron chi connectivity index (χ3n) is 6.58. The zero-order chi connectivity index (χ0) is 27.9. The highest BCUT2D eigenvalue weighted by Gasteiger charge is 2.62. The van der Waals surface area contributed by atoms with Crippen LogP contribution in [0.1, 0.15) is 57.2 Å². The van der Waals surface area contributed by atoms with E-state index >= 15 is 0 Å². The lowest BCUT2D eigenvalue weighted by Crippen LogP contribution is -2.68. The first kappa shape index (κ1) is 29.0. The van der Waals surface area contributed by atoms with Crippen molar-refractivity contribution in [3.05, 3.63) is 53.6 Å². The molecule has 0 radical (unpaired) electrons. The standard InChI is InChI=1S/C28H36F2N2O6/c1-5-36-23-15-21(16-24(19(23)3)37-6-2)20(4)32(13-10-14-38-22-11-8-7-9-12-22)26(35)31-27(25(33)34)17-28(29,30)18-27/h7-9,11-12,15-16,20H,5-6,10,13-14,17-18H2,1-4H3,(H,31,35)(H,33,34)/t20-/m1/s1. The van der Waals surface area contributed by atoms with Gasteiger partial charge in [-0.15, -0.1) is 0 Å². The van der Waals surface area contributed by atoms with E-state index in [-0.39, 0.29) is 6.54 Å². The second-order valence-corrected chi connectivity index (χ2v) is 9.42. The number of carbonyl (C=O) groups excluding carboxylic acids is 1. The number of hydrogen-bond acceptors (Lipinski definition) is 5. The van der Waals surface area contributed by atoms with Gasteiger partial charge in [-0.3, -0.25) is 0 Å². The maximum Gasteiger partial charge on any atom is 0.329 e. The van der Waals surface area contributed by atoms with Gasteiger partial charge in [0, 0.05) is 24.9 Å². The van der Waals surface area contributed by atoms with Crippen molar-refractivity contribution in [3.63, 3.8) is 0 Å². The molecule has 2 aromatic carbocycles. The summed E-state index contributed by atoms with van der Waals surface area (Å²) in [6, 6.07) is 11.5. The normalized spacial score (nSPS) is 16.1. The highest BCUT2D eigenvalue weighted by molar-refractivity contribution is 5.88. The first-order chi connectivity index (χ1) is 18.0. The van der Waals surface area contributed by atoms with Gasteiger partial charge in [0.25, 0.3) is 5.92 Å². The highest BCUT2D eigenvalue weighted by Crippen LogP contribution is 2.46. The van der Waals surface area contributed by atoms with Gasteiger partial charge in [-0.05, 0) is 63.9 Å². The number of aliphatic carboxylic acids is 1. The van der Waals surface area contributed by atoms with Gasteiger partial charge in [-0.25, -0.2) is 18.4 Å². The van der Waals surface area contributed by atoms with E-state index in [0.717, 1.165) is 5.56 Å². The van der Waals surface area contributed by atoms with E-state index in [1.165, 1.54) is 4.90 Å². The molecule has 3 rings (SSSR count). The Morgan fingerprint density at radius 1 is 1.05 bits per heavy atom. The minimum atomic E-state index is -3.14. The molecule has 2 N–H and O–H groups in total. The van der Waals surface area contributed by atoms with Crippen molar-refractivity contribution in [2.45, 2.75) is 64.5 Å². The summed E-state index contributed by atoms with van der Waals surface area (Å²) in [5.74, 6) is -2.73. The number of rotatable bonds is 13. The Balaban J connectivity index is 1.85. The van der Waals surface area contributed by atoms with Gasteiger partial charge in [-0.2, -0.15) is 0 Å². The fourth-order valence-electron chi connectivity index (χ4n) is 4.53. The number of carboxylic acid groups (broad SMARTS) is 1. The summed E-state index contributed by atoms with van der Waals surface area (Å²) in [5.41, 5.74) is -0.498. The monoisotopic (exact) mass is 534 g/mol. The van der Waals surface area contributed by atoms with Crippen molar-refractivity contribution in [1.82, 2.24) is 10.2 Å². The van der Waals surface area contributed by atoms with Crippen molar-refractivity contribution < 1.29 is 37.7 Å². The van der Waals surface area contributed by atoms with Crippen LogP contribution in [0.2, 0.25) is 0 Å². The number of nitrogens with one attached hydrogen (secondary N) is 1. The maximum atomic E-state index is 13.7. The molecule has 0 unspecified atom stereocenters. The SMILES string of the molecule is CCOc1cc([C@@H](C)N(CCCOc2ccccc2)C(=O)NC2(C(=O)O)CC(F)(F)C2)cc(OCC)c1C. The number of hydrogen-bond donors (Lipinski definition) is 2.